The van der Waals surface area contributed by atoms with Crippen molar-refractivity contribution in [2.45, 2.75) is 97.9 Å². The average molecular weight is 423 g/mol. The Labute approximate surface area is 187 Å². The van der Waals surface area contributed by atoms with Crippen LogP contribution in [-0.4, -0.2) is 44.1 Å². The maximum Gasteiger partial charge on any atom is 0.223 e. The molecule has 0 unspecified atom stereocenters. The van der Waals surface area contributed by atoms with Gasteiger partial charge in [0.15, 0.2) is 0 Å². The summed E-state index contributed by atoms with van der Waals surface area (Å²) < 4.78 is 2.16. The van der Waals surface area contributed by atoms with Crippen LogP contribution in [0.5, 0.6) is 0 Å². The van der Waals surface area contributed by atoms with Gasteiger partial charge in [0.2, 0.25) is 5.91 Å². The van der Waals surface area contributed by atoms with E-state index >= 15 is 0 Å². The monoisotopic (exact) mass is 422 g/mol. The summed E-state index contributed by atoms with van der Waals surface area (Å²) in [7, 11) is 0. The van der Waals surface area contributed by atoms with E-state index in [1.165, 1.54) is 28.8 Å². The minimum Gasteiger partial charge on any atom is -0.334 e. The van der Waals surface area contributed by atoms with Crippen molar-refractivity contribution in [1.82, 2.24) is 19.6 Å². The van der Waals surface area contributed by atoms with E-state index in [1.807, 2.05) is 0 Å². The molecule has 2 atom stereocenters. The van der Waals surface area contributed by atoms with Crippen LogP contribution < -0.4 is 0 Å². The molecular weight excluding hydrogens is 384 g/mol. The van der Waals surface area contributed by atoms with Gasteiger partial charge in [-0.1, -0.05) is 36.2 Å². The Hall–Kier alpha value is -2.14. The van der Waals surface area contributed by atoms with Crippen molar-refractivity contribution in [2.24, 2.45) is 0 Å². The quantitative estimate of drug-likeness (QED) is 0.686. The second-order valence-electron chi connectivity index (χ2n) is 9.84. The zero-order valence-corrected chi connectivity index (χ0v) is 19.9. The van der Waals surface area contributed by atoms with Crippen molar-refractivity contribution in [3.63, 3.8) is 0 Å². The molecule has 0 aliphatic carbocycles. The first-order chi connectivity index (χ1) is 14.8. The fourth-order valence-corrected chi connectivity index (χ4v) is 5.64. The van der Waals surface area contributed by atoms with Crippen LogP contribution in [0.15, 0.2) is 24.3 Å². The van der Waals surface area contributed by atoms with E-state index in [1.54, 1.807) is 0 Å². The molecule has 0 bridgehead atoms. The molecule has 168 valence electrons. The first-order valence-corrected chi connectivity index (χ1v) is 12.0. The number of hydrogen-bond donors (Lipinski definition) is 0. The zero-order chi connectivity index (χ0) is 22.1. The topological polar surface area (TPSA) is 41.4 Å². The molecular formula is C26H38N4O. The number of carbonyl (C=O) groups excluding carboxylic acids is 1. The van der Waals surface area contributed by atoms with Crippen molar-refractivity contribution < 1.29 is 4.79 Å². The van der Waals surface area contributed by atoms with Gasteiger partial charge < -0.3 is 4.90 Å². The molecule has 0 spiro atoms. The highest BCUT2D eigenvalue weighted by molar-refractivity contribution is 5.76. The average Bonchev–Trinajstić information content (AvgIpc) is 3.23. The number of nitrogens with zero attached hydrogens (tertiary/aromatic N) is 4. The Morgan fingerprint density at radius 3 is 2.58 bits per heavy atom. The van der Waals surface area contributed by atoms with E-state index in [9.17, 15) is 4.79 Å². The van der Waals surface area contributed by atoms with Crippen molar-refractivity contribution in [1.29, 1.82) is 0 Å². The summed E-state index contributed by atoms with van der Waals surface area (Å²) in [6.45, 7) is 13.6. The molecule has 2 fully saturated rings. The number of fused-ring (bicyclic) bond motifs is 1. The third-order valence-corrected chi connectivity index (χ3v) is 7.25. The molecule has 0 N–H and O–H groups in total. The van der Waals surface area contributed by atoms with Crippen LogP contribution in [0.4, 0.5) is 0 Å². The molecule has 1 amide bonds. The number of aryl methyl sites for hydroxylation is 2. The van der Waals surface area contributed by atoms with Gasteiger partial charge in [0, 0.05) is 55.4 Å². The van der Waals surface area contributed by atoms with Gasteiger partial charge in [0.25, 0.3) is 0 Å². The Kier molecular flexibility index (Phi) is 6.52. The van der Waals surface area contributed by atoms with E-state index in [4.69, 9.17) is 5.10 Å². The maximum atomic E-state index is 13.1. The molecule has 3 heterocycles. The van der Waals surface area contributed by atoms with Crippen LogP contribution in [0.3, 0.4) is 0 Å². The molecule has 4 rings (SSSR count). The molecule has 2 aliphatic heterocycles. The summed E-state index contributed by atoms with van der Waals surface area (Å²) in [6.07, 6.45) is 5.08. The van der Waals surface area contributed by atoms with E-state index in [0.717, 1.165) is 44.6 Å². The predicted molar refractivity (Wildman–Crippen MR) is 125 cm³/mol. The third-order valence-electron chi connectivity index (χ3n) is 7.25. The molecule has 5 nitrogen and oxygen atoms in total. The Balaban J connectivity index is 1.57. The lowest BCUT2D eigenvalue weighted by Crippen LogP contribution is -2.48. The number of benzene rings is 1. The standard InChI is InChI=1S/C26H38N4O/c1-18(2)30-21(5)23(20(4)27-30)17-28-14-13-25-24(28)11-6-7-12-26(31)29(25)16-22-10-8-9-19(3)15-22/h8-10,15,18,24-25H,6-7,11-14,16-17H2,1-5H3/t24-,25+/m1/s1. The number of rotatable bonds is 5. The van der Waals surface area contributed by atoms with Crippen molar-refractivity contribution in [2.75, 3.05) is 6.54 Å². The lowest BCUT2D eigenvalue weighted by Gasteiger charge is -2.37. The van der Waals surface area contributed by atoms with Crippen molar-refractivity contribution >= 4 is 5.91 Å². The normalized spacial score (nSPS) is 22.6. The van der Waals surface area contributed by atoms with E-state index in [0.29, 0.717) is 30.5 Å². The number of aromatic nitrogens is 2. The van der Waals surface area contributed by atoms with Crippen LogP contribution in [0.25, 0.3) is 0 Å². The van der Waals surface area contributed by atoms with Gasteiger partial charge >= 0.3 is 0 Å². The zero-order valence-electron chi connectivity index (χ0n) is 19.9. The lowest BCUT2D eigenvalue weighted by atomic mass is 9.95. The minimum atomic E-state index is 0.314. The molecule has 0 saturated carbocycles. The second kappa shape index (κ2) is 9.15. The summed E-state index contributed by atoms with van der Waals surface area (Å²) in [5.74, 6) is 0.332. The molecule has 31 heavy (non-hydrogen) atoms. The van der Waals surface area contributed by atoms with Gasteiger partial charge in [-0.3, -0.25) is 14.4 Å². The number of amides is 1. The molecule has 2 aromatic rings. The van der Waals surface area contributed by atoms with Crippen molar-refractivity contribution in [3.05, 3.63) is 52.3 Å². The van der Waals surface area contributed by atoms with Gasteiger partial charge in [-0.05, 0) is 59.4 Å². The first-order valence-electron chi connectivity index (χ1n) is 12.0. The fourth-order valence-electron chi connectivity index (χ4n) is 5.64. The molecule has 0 radical (unpaired) electrons. The molecule has 1 aromatic heterocycles. The number of likely N-dealkylation sites (tertiary alicyclic amines) is 2. The summed E-state index contributed by atoms with van der Waals surface area (Å²) in [5.41, 5.74) is 6.31. The highest BCUT2D eigenvalue weighted by Crippen LogP contribution is 2.33. The van der Waals surface area contributed by atoms with E-state index in [-0.39, 0.29) is 0 Å². The molecule has 1 aromatic carbocycles. The first kappa shape index (κ1) is 22.1. The van der Waals surface area contributed by atoms with E-state index < -0.39 is 0 Å². The number of carbonyl (C=O) groups is 1. The Bertz CT molecular complexity index is 931. The van der Waals surface area contributed by atoms with Crippen LogP contribution in [0.2, 0.25) is 0 Å². The van der Waals surface area contributed by atoms with Gasteiger partial charge in [-0.2, -0.15) is 5.10 Å². The van der Waals surface area contributed by atoms with Crippen LogP contribution in [-0.2, 0) is 17.9 Å². The summed E-state index contributed by atoms with van der Waals surface area (Å²) in [6, 6.07) is 9.75. The predicted octanol–water partition coefficient (Wildman–Crippen LogP) is 4.93. The van der Waals surface area contributed by atoms with E-state index in [2.05, 4.69) is 73.4 Å². The summed E-state index contributed by atoms with van der Waals surface area (Å²) >= 11 is 0. The van der Waals surface area contributed by atoms with Gasteiger partial charge in [0.05, 0.1) is 5.69 Å². The summed E-state index contributed by atoms with van der Waals surface area (Å²) in [4.78, 5) is 18.0. The maximum absolute atomic E-state index is 13.1. The fraction of sp³-hybridized carbons (Fsp3) is 0.615. The van der Waals surface area contributed by atoms with Crippen LogP contribution in [0.1, 0.15) is 80.1 Å². The molecule has 2 aliphatic rings. The summed E-state index contributed by atoms with van der Waals surface area (Å²) in [5, 5.41) is 4.81. The van der Waals surface area contributed by atoms with Gasteiger partial charge in [-0.15, -0.1) is 0 Å². The highest BCUT2D eigenvalue weighted by Gasteiger charge is 2.40. The molecule has 5 heteroatoms. The van der Waals surface area contributed by atoms with Crippen molar-refractivity contribution in [3.8, 4) is 0 Å². The van der Waals surface area contributed by atoms with Crippen LogP contribution >= 0.6 is 0 Å². The number of hydrogen-bond acceptors (Lipinski definition) is 3. The van der Waals surface area contributed by atoms with Crippen LogP contribution in [0, 0.1) is 20.8 Å². The minimum absolute atomic E-state index is 0.314. The highest BCUT2D eigenvalue weighted by atomic mass is 16.2. The lowest BCUT2D eigenvalue weighted by molar-refractivity contribution is -0.135. The second-order valence-corrected chi connectivity index (χ2v) is 9.84. The Morgan fingerprint density at radius 1 is 1.06 bits per heavy atom. The SMILES string of the molecule is Cc1cccc(CN2C(=O)CCCC[C@@H]3[C@@H]2CCN3Cc2c(C)nn(C(C)C)c2C)c1. The largest absolute Gasteiger partial charge is 0.334 e. The smallest absolute Gasteiger partial charge is 0.223 e. The van der Waals surface area contributed by atoms with Gasteiger partial charge in [-0.25, -0.2) is 0 Å². The molecule has 2 saturated heterocycles. The van der Waals surface area contributed by atoms with Gasteiger partial charge in [0.1, 0.15) is 0 Å². The third kappa shape index (κ3) is 4.57. The Morgan fingerprint density at radius 2 is 1.87 bits per heavy atom.